The van der Waals surface area contributed by atoms with Crippen LogP contribution >= 0.6 is 0 Å². The number of nitrogens with two attached hydrogens (primary N) is 1. The number of nitrogens with zero attached hydrogens (tertiary/aromatic N) is 3. The fraction of sp³-hybridized carbons (Fsp3) is 0. The van der Waals surface area contributed by atoms with Crippen LogP contribution in [0.4, 0.5) is 0 Å². The summed E-state index contributed by atoms with van der Waals surface area (Å²) in [5.74, 6) is -0.741. The third-order valence-electron chi connectivity index (χ3n) is 4.60. The minimum atomic E-state index is -0.523. The van der Waals surface area contributed by atoms with Crippen LogP contribution in [-0.2, 0) is 4.79 Å². The molecule has 0 saturated carbocycles. The average molecular weight is 393 g/mol. The highest BCUT2D eigenvalue weighted by atomic mass is 16.1. The molecule has 4 rings (SSSR count). The number of rotatable bonds is 5. The lowest BCUT2D eigenvalue weighted by atomic mass is 10.0. The predicted octanol–water partition coefficient (Wildman–Crippen LogP) is 3.23. The number of nitriles is 1. The molecule has 0 fully saturated rings. The van der Waals surface area contributed by atoms with Gasteiger partial charge in [0.2, 0.25) is 11.7 Å². The maximum atomic E-state index is 12.6. The number of H-pyrrole nitrogens is 1. The van der Waals surface area contributed by atoms with E-state index in [4.69, 9.17) is 11.0 Å². The smallest absolute Gasteiger partial charge is 0.241 e. The minimum absolute atomic E-state index is 0.218. The second-order valence-corrected chi connectivity index (χ2v) is 6.55. The molecule has 0 spiro atoms. The quantitative estimate of drug-likeness (QED) is 0.398. The van der Waals surface area contributed by atoms with Crippen molar-refractivity contribution in [2.24, 2.45) is 5.73 Å². The molecular weight excluding hydrogens is 378 g/mol. The summed E-state index contributed by atoms with van der Waals surface area (Å²) >= 11 is 0. The molecule has 30 heavy (non-hydrogen) atoms. The number of nitrogens with one attached hydrogen (secondary N) is 1. The first-order valence-corrected chi connectivity index (χ1v) is 9.01. The van der Waals surface area contributed by atoms with E-state index in [-0.39, 0.29) is 11.5 Å². The molecule has 7 nitrogen and oxygen atoms in total. The Morgan fingerprint density at radius 1 is 1.03 bits per heavy atom. The Morgan fingerprint density at radius 3 is 2.50 bits per heavy atom. The van der Waals surface area contributed by atoms with Crippen LogP contribution in [0.25, 0.3) is 28.2 Å². The zero-order chi connectivity index (χ0) is 21.1. The molecule has 3 heterocycles. The lowest BCUT2D eigenvalue weighted by Crippen LogP contribution is -2.04. The lowest BCUT2D eigenvalue weighted by molar-refractivity contribution is -0.113. The van der Waals surface area contributed by atoms with E-state index in [1.807, 2.05) is 24.3 Å². The number of amides is 1. The van der Waals surface area contributed by atoms with E-state index < -0.39 is 5.91 Å². The summed E-state index contributed by atoms with van der Waals surface area (Å²) in [5, 5.41) is 9.69. The SMILES string of the molecule is N#Cc1ccc(C(=O)c2ccc(-c3cnc4[nH]cc(/C=C/C(N)=O)c4c3)cc2)nc1. The predicted molar refractivity (Wildman–Crippen MR) is 112 cm³/mol. The van der Waals surface area contributed by atoms with Gasteiger partial charge in [-0.25, -0.2) is 4.98 Å². The number of fused-ring (bicyclic) bond motifs is 1. The summed E-state index contributed by atoms with van der Waals surface area (Å²) in [6.45, 7) is 0. The molecule has 7 heteroatoms. The fourth-order valence-corrected chi connectivity index (χ4v) is 3.05. The number of hydrogen-bond donors (Lipinski definition) is 2. The van der Waals surface area contributed by atoms with Gasteiger partial charge in [-0.1, -0.05) is 24.3 Å². The van der Waals surface area contributed by atoms with Crippen molar-refractivity contribution < 1.29 is 9.59 Å². The molecule has 1 amide bonds. The number of carbonyl (C=O) groups excluding carboxylic acids is 2. The van der Waals surface area contributed by atoms with Crippen molar-refractivity contribution in [3.63, 3.8) is 0 Å². The van der Waals surface area contributed by atoms with E-state index in [0.29, 0.717) is 16.8 Å². The van der Waals surface area contributed by atoms with E-state index in [0.717, 1.165) is 22.1 Å². The number of ketones is 1. The second-order valence-electron chi connectivity index (χ2n) is 6.55. The summed E-state index contributed by atoms with van der Waals surface area (Å²) < 4.78 is 0. The van der Waals surface area contributed by atoms with Crippen LogP contribution in [0, 0.1) is 11.3 Å². The summed E-state index contributed by atoms with van der Waals surface area (Å²) in [6, 6.07) is 14.2. The number of carbonyl (C=O) groups is 2. The maximum Gasteiger partial charge on any atom is 0.241 e. The molecule has 0 aliphatic heterocycles. The third kappa shape index (κ3) is 3.70. The monoisotopic (exact) mass is 393 g/mol. The number of pyridine rings is 2. The van der Waals surface area contributed by atoms with Crippen molar-refractivity contribution in [3.8, 4) is 17.2 Å². The van der Waals surface area contributed by atoms with E-state index in [1.165, 1.54) is 12.3 Å². The molecule has 0 unspecified atom stereocenters. The summed E-state index contributed by atoms with van der Waals surface area (Å²) in [7, 11) is 0. The Bertz CT molecular complexity index is 1330. The molecule has 1 aromatic carbocycles. The van der Waals surface area contributed by atoms with E-state index in [9.17, 15) is 9.59 Å². The van der Waals surface area contributed by atoms with Crippen LogP contribution in [0.3, 0.4) is 0 Å². The van der Waals surface area contributed by atoms with E-state index >= 15 is 0 Å². The molecule has 3 aromatic heterocycles. The molecule has 144 valence electrons. The van der Waals surface area contributed by atoms with Gasteiger partial charge in [0.15, 0.2) is 0 Å². The third-order valence-corrected chi connectivity index (χ3v) is 4.60. The van der Waals surface area contributed by atoms with Gasteiger partial charge < -0.3 is 10.7 Å². The first kappa shape index (κ1) is 18.8. The minimum Gasteiger partial charge on any atom is -0.366 e. The van der Waals surface area contributed by atoms with Gasteiger partial charge in [0.1, 0.15) is 17.4 Å². The normalized spacial score (nSPS) is 10.9. The van der Waals surface area contributed by atoms with Crippen molar-refractivity contribution in [1.82, 2.24) is 15.0 Å². The van der Waals surface area contributed by atoms with Gasteiger partial charge in [0.05, 0.1) is 5.56 Å². The van der Waals surface area contributed by atoms with E-state index in [2.05, 4.69) is 15.0 Å². The van der Waals surface area contributed by atoms with Crippen molar-refractivity contribution in [3.05, 3.63) is 89.5 Å². The molecule has 4 aromatic rings. The zero-order valence-corrected chi connectivity index (χ0v) is 15.7. The number of hydrogen-bond acceptors (Lipinski definition) is 5. The average Bonchev–Trinajstić information content (AvgIpc) is 3.19. The van der Waals surface area contributed by atoms with Crippen molar-refractivity contribution in [2.45, 2.75) is 0 Å². The van der Waals surface area contributed by atoms with Gasteiger partial charge >= 0.3 is 0 Å². The maximum absolute atomic E-state index is 12.6. The van der Waals surface area contributed by atoms with Crippen LogP contribution < -0.4 is 5.73 Å². The van der Waals surface area contributed by atoms with Crippen molar-refractivity contribution in [2.75, 3.05) is 0 Å². The number of benzene rings is 1. The van der Waals surface area contributed by atoms with Crippen LogP contribution in [-0.4, -0.2) is 26.6 Å². The topological polar surface area (TPSA) is 126 Å². The van der Waals surface area contributed by atoms with Crippen LogP contribution in [0.15, 0.2) is 67.1 Å². The Kier molecular flexibility index (Phi) is 4.89. The van der Waals surface area contributed by atoms with Gasteiger partial charge in [0.25, 0.3) is 0 Å². The standard InChI is InChI=1S/C23H15N5O2/c24-10-14-1-7-20(26-11-14)22(30)16-4-2-15(3-5-16)18-9-19-17(6-8-21(25)29)12-27-23(19)28-13-18/h1-9,11-13H,(H2,25,29)(H,27,28)/b8-6+. The molecular formula is C23H15N5O2. The molecule has 0 aliphatic carbocycles. The van der Waals surface area contributed by atoms with Crippen LogP contribution in [0.5, 0.6) is 0 Å². The first-order valence-electron chi connectivity index (χ1n) is 9.01. The summed E-state index contributed by atoms with van der Waals surface area (Å²) in [4.78, 5) is 35.1. The molecule has 0 bridgehead atoms. The fourth-order valence-electron chi connectivity index (χ4n) is 3.05. The molecule has 0 atom stereocenters. The van der Waals surface area contributed by atoms with Gasteiger partial charge in [0, 0.05) is 46.7 Å². The summed E-state index contributed by atoms with van der Waals surface area (Å²) in [5.41, 5.74) is 9.61. The molecule has 0 saturated heterocycles. The first-order chi connectivity index (χ1) is 14.5. The highest BCUT2D eigenvalue weighted by Gasteiger charge is 2.11. The Morgan fingerprint density at radius 2 is 1.83 bits per heavy atom. The zero-order valence-electron chi connectivity index (χ0n) is 15.7. The highest BCUT2D eigenvalue weighted by molar-refractivity contribution is 6.08. The molecule has 0 radical (unpaired) electrons. The van der Waals surface area contributed by atoms with E-state index in [1.54, 1.807) is 42.7 Å². The lowest BCUT2D eigenvalue weighted by Gasteiger charge is -2.05. The van der Waals surface area contributed by atoms with Crippen molar-refractivity contribution in [1.29, 1.82) is 5.26 Å². The van der Waals surface area contributed by atoms with Gasteiger partial charge in [-0.2, -0.15) is 5.26 Å². The van der Waals surface area contributed by atoms with Crippen LogP contribution in [0.2, 0.25) is 0 Å². The van der Waals surface area contributed by atoms with Gasteiger partial charge in [-0.05, 0) is 29.8 Å². The van der Waals surface area contributed by atoms with Crippen LogP contribution in [0.1, 0.15) is 27.2 Å². The Labute approximate surface area is 171 Å². The number of aromatic nitrogens is 3. The second kappa shape index (κ2) is 7.81. The Balaban J connectivity index is 1.62. The molecule has 0 aliphatic rings. The largest absolute Gasteiger partial charge is 0.366 e. The van der Waals surface area contributed by atoms with Gasteiger partial charge in [-0.15, -0.1) is 0 Å². The Hall–Kier alpha value is -4.57. The molecule has 3 N–H and O–H groups in total. The number of primary amides is 1. The summed E-state index contributed by atoms with van der Waals surface area (Å²) in [6.07, 6.45) is 7.81. The highest BCUT2D eigenvalue weighted by Crippen LogP contribution is 2.26. The number of aromatic amines is 1. The van der Waals surface area contributed by atoms with Crippen molar-refractivity contribution >= 4 is 28.8 Å². The van der Waals surface area contributed by atoms with Gasteiger partial charge in [-0.3, -0.25) is 14.6 Å².